The highest BCUT2D eigenvalue weighted by atomic mass is 32.2. The van der Waals surface area contributed by atoms with E-state index in [2.05, 4.69) is 26.9 Å². The van der Waals surface area contributed by atoms with Gasteiger partial charge in [-0.1, -0.05) is 6.42 Å². The normalized spacial score (nSPS) is 10.2. The maximum absolute atomic E-state index is 4.41. The van der Waals surface area contributed by atoms with Crippen LogP contribution in [0, 0.1) is 0 Å². The lowest BCUT2D eigenvalue weighted by Crippen LogP contribution is -2.06. The first kappa shape index (κ1) is 14.1. The lowest BCUT2D eigenvalue weighted by molar-refractivity contribution is 0.748. The predicted octanol–water partition coefficient (Wildman–Crippen LogP) is 2.85. The van der Waals surface area contributed by atoms with E-state index in [9.17, 15) is 0 Å². The largest absolute Gasteiger partial charge is 0.369 e. The van der Waals surface area contributed by atoms with E-state index >= 15 is 0 Å². The van der Waals surface area contributed by atoms with Crippen molar-refractivity contribution in [2.24, 2.45) is 0 Å². The summed E-state index contributed by atoms with van der Waals surface area (Å²) in [6.45, 7) is 3.89. The molecule has 4 nitrogen and oxygen atoms in total. The van der Waals surface area contributed by atoms with Gasteiger partial charge in [0.25, 0.3) is 0 Å². The molecular weight excluding hydrogens is 232 g/mol. The smallest absolute Gasteiger partial charge is 0.146 e. The lowest BCUT2D eigenvalue weighted by atomic mass is 10.2. The number of aromatic nitrogens is 2. The standard InChI is InChI=1S/C12H22N4S/c1-3-14-11-9-13-10-12(16-11)15-7-5-4-6-8-17-2/h9-10H,3-8H2,1-2H3,(H2,14,15,16). The summed E-state index contributed by atoms with van der Waals surface area (Å²) in [7, 11) is 0. The second-order valence-electron chi connectivity index (χ2n) is 3.80. The molecular formula is C12H22N4S. The highest BCUT2D eigenvalue weighted by Crippen LogP contribution is 2.07. The highest BCUT2D eigenvalue weighted by Gasteiger charge is 1.96. The van der Waals surface area contributed by atoms with Gasteiger partial charge in [0.15, 0.2) is 0 Å². The summed E-state index contributed by atoms with van der Waals surface area (Å²) in [5.74, 6) is 2.95. The third-order valence-corrected chi connectivity index (χ3v) is 3.02. The first-order valence-electron chi connectivity index (χ1n) is 6.15. The van der Waals surface area contributed by atoms with Crippen LogP contribution in [0.25, 0.3) is 0 Å². The fourth-order valence-electron chi connectivity index (χ4n) is 1.48. The summed E-state index contributed by atoms with van der Waals surface area (Å²) in [5, 5.41) is 6.45. The van der Waals surface area contributed by atoms with Gasteiger partial charge in [0.2, 0.25) is 0 Å². The molecule has 0 aromatic carbocycles. The van der Waals surface area contributed by atoms with Gasteiger partial charge in [-0.25, -0.2) is 4.98 Å². The van der Waals surface area contributed by atoms with Crippen LogP contribution in [-0.4, -0.2) is 35.1 Å². The van der Waals surface area contributed by atoms with Crippen LogP contribution < -0.4 is 10.6 Å². The monoisotopic (exact) mass is 254 g/mol. The van der Waals surface area contributed by atoms with E-state index in [-0.39, 0.29) is 0 Å². The Morgan fingerprint density at radius 1 is 1.12 bits per heavy atom. The predicted molar refractivity (Wildman–Crippen MR) is 76.9 cm³/mol. The van der Waals surface area contributed by atoms with Crippen LogP contribution >= 0.6 is 11.8 Å². The molecule has 5 heteroatoms. The summed E-state index contributed by atoms with van der Waals surface area (Å²) >= 11 is 1.91. The zero-order valence-electron chi connectivity index (χ0n) is 10.7. The molecule has 1 aromatic rings. The summed E-state index contributed by atoms with van der Waals surface area (Å²) in [5.41, 5.74) is 0. The number of anilines is 2. The van der Waals surface area contributed by atoms with Crippen molar-refractivity contribution in [2.75, 3.05) is 35.7 Å². The molecule has 0 aliphatic carbocycles. The van der Waals surface area contributed by atoms with Gasteiger partial charge >= 0.3 is 0 Å². The van der Waals surface area contributed by atoms with E-state index in [1.807, 2.05) is 18.7 Å². The van der Waals surface area contributed by atoms with Crippen LogP contribution in [0.2, 0.25) is 0 Å². The summed E-state index contributed by atoms with van der Waals surface area (Å²) in [4.78, 5) is 8.55. The Kier molecular flexibility index (Phi) is 7.54. The number of hydrogen-bond acceptors (Lipinski definition) is 5. The van der Waals surface area contributed by atoms with Crippen LogP contribution in [0.3, 0.4) is 0 Å². The average Bonchev–Trinajstić information content (AvgIpc) is 2.35. The topological polar surface area (TPSA) is 49.8 Å². The van der Waals surface area contributed by atoms with E-state index in [0.717, 1.165) is 24.7 Å². The van der Waals surface area contributed by atoms with Gasteiger partial charge in [-0.05, 0) is 31.8 Å². The highest BCUT2D eigenvalue weighted by molar-refractivity contribution is 7.98. The van der Waals surface area contributed by atoms with Crippen LogP contribution in [0.4, 0.5) is 11.6 Å². The van der Waals surface area contributed by atoms with Gasteiger partial charge in [-0.3, -0.25) is 4.98 Å². The Morgan fingerprint density at radius 2 is 1.88 bits per heavy atom. The maximum Gasteiger partial charge on any atom is 0.146 e. The van der Waals surface area contributed by atoms with Crippen molar-refractivity contribution in [3.05, 3.63) is 12.4 Å². The zero-order chi connectivity index (χ0) is 12.3. The maximum atomic E-state index is 4.41. The number of nitrogens with zero attached hydrogens (tertiary/aromatic N) is 2. The minimum Gasteiger partial charge on any atom is -0.369 e. The Hall–Kier alpha value is -0.970. The van der Waals surface area contributed by atoms with Gasteiger partial charge in [0.05, 0.1) is 12.4 Å². The minimum absolute atomic E-state index is 0.833. The van der Waals surface area contributed by atoms with Gasteiger partial charge in [-0.15, -0.1) is 0 Å². The van der Waals surface area contributed by atoms with Gasteiger partial charge in [-0.2, -0.15) is 11.8 Å². The first-order chi connectivity index (χ1) is 8.36. The second-order valence-corrected chi connectivity index (χ2v) is 4.79. The van der Waals surface area contributed by atoms with Crippen molar-refractivity contribution in [1.29, 1.82) is 0 Å². The molecule has 17 heavy (non-hydrogen) atoms. The van der Waals surface area contributed by atoms with Gasteiger partial charge < -0.3 is 10.6 Å². The molecule has 0 radical (unpaired) electrons. The Morgan fingerprint density at radius 3 is 2.59 bits per heavy atom. The van der Waals surface area contributed by atoms with Crippen molar-refractivity contribution >= 4 is 23.4 Å². The van der Waals surface area contributed by atoms with E-state index in [1.54, 1.807) is 12.4 Å². The van der Waals surface area contributed by atoms with E-state index in [0.29, 0.717) is 0 Å². The molecule has 1 aromatic heterocycles. The molecule has 2 N–H and O–H groups in total. The quantitative estimate of drug-likeness (QED) is 0.664. The second kappa shape index (κ2) is 9.10. The summed E-state index contributed by atoms with van der Waals surface area (Å²) in [6, 6.07) is 0. The molecule has 0 saturated heterocycles. The molecule has 0 saturated carbocycles. The molecule has 0 aliphatic rings. The number of unbranched alkanes of at least 4 members (excludes halogenated alkanes) is 2. The Labute approximate surface area is 108 Å². The van der Waals surface area contributed by atoms with Crippen LogP contribution in [-0.2, 0) is 0 Å². The molecule has 0 unspecified atom stereocenters. The SMILES string of the molecule is CCNc1cncc(NCCCCCSC)n1. The van der Waals surface area contributed by atoms with E-state index in [1.165, 1.54) is 25.0 Å². The fraction of sp³-hybridized carbons (Fsp3) is 0.667. The Balaban J connectivity index is 2.19. The number of nitrogens with one attached hydrogen (secondary N) is 2. The molecule has 0 fully saturated rings. The van der Waals surface area contributed by atoms with Gasteiger partial charge in [0, 0.05) is 13.1 Å². The molecule has 0 aliphatic heterocycles. The van der Waals surface area contributed by atoms with Crippen molar-refractivity contribution in [1.82, 2.24) is 9.97 Å². The zero-order valence-corrected chi connectivity index (χ0v) is 11.5. The third kappa shape index (κ3) is 6.36. The van der Waals surface area contributed by atoms with Crippen molar-refractivity contribution in [2.45, 2.75) is 26.2 Å². The first-order valence-corrected chi connectivity index (χ1v) is 7.55. The molecule has 96 valence electrons. The average molecular weight is 254 g/mol. The van der Waals surface area contributed by atoms with E-state index in [4.69, 9.17) is 0 Å². The van der Waals surface area contributed by atoms with Crippen LogP contribution in [0.5, 0.6) is 0 Å². The lowest BCUT2D eigenvalue weighted by Gasteiger charge is -2.07. The number of thioether (sulfide) groups is 1. The molecule has 0 atom stereocenters. The van der Waals surface area contributed by atoms with Crippen molar-refractivity contribution in [3.8, 4) is 0 Å². The summed E-state index contributed by atoms with van der Waals surface area (Å²) < 4.78 is 0. The minimum atomic E-state index is 0.833. The molecule has 0 amide bonds. The van der Waals surface area contributed by atoms with Crippen LogP contribution in [0.15, 0.2) is 12.4 Å². The Bertz CT molecular complexity index is 306. The molecule has 1 rings (SSSR count). The number of hydrogen-bond donors (Lipinski definition) is 2. The van der Waals surface area contributed by atoms with E-state index < -0.39 is 0 Å². The molecule has 0 spiro atoms. The third-order valence-electron chi connectivity index (χ3n) is 2.32. The van der Waals surface area contributed by atoms with Crippen molar-refractivity contribution in [3.63, 3.8) is 0 Å². The molecule has 1 heterocycles. The fourth-order valence-corrected chi connectivity index (χ4v) is 1.97. The number of rotatable bonds is 9. The van der Waals surface area contributed by atoms with Crippen molar-refractivity contribution < 1.29 is 0 Å². The summed E-state index contributed by atoms with van der Waals surface area (Å²) in [6.07, 6.45) is 9.42. The van der Waals surface area contributed by atoms with Gasteiger partial charge in [0.1, 0.15) is 11.6 Å². The van der Waals surface area contributed by atoms with Crippen LogP contribution in [0.1, 0.15) is 26.2 Å². The molecule has 0 bridgehead atoms.